The number of hydrogen-bond acceptors (Lipinski definition) is 3. The number of urea groups is 1. The zero-order valence-electron chi connectivity index (χ0n) is 17.0. The van der Waals surface area contributed by atoms with Gasteiger partial charge in [-0.25, -0.2) is 4.79 Å². The van der Waals surface area contributed by atoms with Gasteiger partial charge in [-0.1, -0.05) is 73.3 Å². The van der Waals surface area contributed by atoms with Gasteiger partial charge in [0.25, 0.3) is 5.91 Å². The lowest BCUT2D eigenvalue weighted by atomic mass is 9.84. The molecule has 2 aliphatic rings. The van der Waals surface area contributed by atoms with Crippen molar-refractivity contribution in [3.63, 3.8) is 0 Å². The Morgan fingerprint density at radius 3 is 2.40 bits per heavy atom. The monoisotopic (exact) mass is 424 g/mol. The lowest BCUT2D eigenvalue weighted by Crippen LogP contribution is -2.41. The summed E-state index contributed by atoms with van der Waals surface area (Å²) in [5.41, 5.74) is 0.978. The van der Waals surface area contributed by atoms with Crippen LogP contribution >= 0.6 is 11.6 Å². The van der Waals surface area contributed by atoms with Crippen LogP contribution in [0.3, 0.4) is 0 Å². The van der Waals surface area contributed by atoms with Gasteiger partial charge in [-0.15, -0.1) is 0 Å². The first-order valence-corrected chi connectivity index (χ1v) is 10.8. The molecule has 1 atom stereocenters. The lowest BCUT2D eigenvalue weighted by Gasteiger charge is -2.23. The number of rotatable bonds is 5. The van der Waals surface area contributed by atoms with Gasteiger partial charge >= 0.3 is 6.03 Å². The fourth-order valence-electron chi connectivity index (χ4n) is 4.50. The Bertz CT molecular complexity index is 982. The average molecular weight is 425 g/mol. The van der Waals surface area contributed by atoms with Crippen LogP contribution in [0.2, 0.25) is 5.02 Å². The quantitative estimate of drug-likeness (QED) is 0.540. The highest BCUT2D eigenvalue weighted by Gasteiger charge is 2.50. The second-order valence-corrected chi connectivity index (χ2v) is 8.71. The van der Waals surface area contributed by atoms with Crippen LogP contribution in [0, 0.1) is 0 Å². The molecular formula is C24H25ClN2O3. The van der Waals surface area contributed by atoms with Crippen LogP contribution in [0.25, 0.3) is 0 Å². The third-order valence-electron chi connectivity index (χ3n) is 6.30. The van der Waals surface area contributed by atoms with Gasteiger partial charge < -0.3 is 5.32 Å². The van der Waals surface area contributed by atoms with Crippen LogP contribution < -0.4 is 5.32 Å². The Labute approximate surface area is 181 Å². The molecule has 0 aromatic heterocycles. The van der Waals surface area contributed by atoms with Crippen LogP contribution in [0.15, 0.2) is 48.5 Å². The van der Waals surface area contributed by atoms with Gasteiger partial charge in [0.2, 0.25) is 0 Å². The van der Waals surface area contributed by atoms with Crippen molar-refractivity contribution >= 4 is 29.3 Å². The minimum Gasteiger partial charge on any atom is -0.319 e. The predicted molar refractivity (Wildman–Crippen MR) is 116 cm³/mol. The third-order valence-corrected chi connectivity index (χ3v) is 6.63. The summed E-state index contributed by atoms with van der Waals surface area (Å²) in [6.45, 7) is 1.31. The van der Waals surface area contributed by atoms with Crippen molar-refractivity contribution in [1.29, 1.82) is 0 Å². The summed E-state index contributed by atoms with van der Waals surface area (Å²) in [6.07, 6.45) is 6.18. The van der Waals surface area contributed by atoms with Gasteiger partial charge in [-0.2, -0.15) is 0 Å². The molecule has 2 fully saturated rings. The maximum atomic E-state index is 13.0. The molecule has 6 heteroatoms. The summed E-state index contributed by atoms with van der Waals surface area (Å²) in [4.78, 5) is 39.3. The summed E-state index contributed by atoms with van der Waals surface area (Å²) >= 11 is 6.25. The molecule has 1 aliphatic carbocycles. The van der Waals surface area contributed by atoms with E-state index in [0.717, 1.165) is 4.90 Å². The summed E-state index contributed by atoms with van der Waals surface area (Å²) in [5.74, 6) is -0.185. The Kier molecular flexibility index (Phi) is 5.65. The molecule has 0 radical (unpaired) electrons. The highest BCUT2D eigenvalue weighted by atomic mass is 35.5. The minimum atomic E-state index is -1.29. The maximum Gasteiger partial charge on any atom is 0.325 e. The van der Waals surface area contributed by atoms with Crippen LogP contribution in [-0.4, -0.2) is 29.2 Å². The molecule has 0 unspecified atom stereocenters. The second kappa shape index (κ2) is 8.23. The van der Waals surface area contributed by atoms with Gasteiger partial charge in [-0.3, -0.25) is 14.5 Å². The maximum absolute atomic E-state index is 13.0. The number of hydrogen-bond donors (Lipinski definition) is 1. The molecule has 1 heterocycles. The normalized spacial score (nSPS) is 22.3. The molecule has 1 N–H and O–H groups in total. The van der Waals surface area contributed by atoms with E-state index in [1.807, 2.05) is 12.1 Å². The first-order valence-electron chi connectivity index (χ1n) is 10.4. The van der Waals surface area contributed by atoms with E-state index < -0.39 is 17.5 Å². The number of amides is 3. The van der Waals surface area contributed by atoms with Crippen molar-refractivity contribution in [3.8, 4) is 0 Å². The van der Waals surface area contributed by atoms with Gasteiger partial charge in [0.1, 0.15) is 5.54 Å². The molecule has 2 aromatic carbocycles. The van der Waals surface area contributed by atoms with E-state index >= 15 is 0 Å². The molecule has 1 saturated heterocycles. The summed E-state index contributed by atoms with van der Waals surface area (Å²) in [7, 11) is 0. The van der Waals surface area contributed by atoms with Crippen molar-refractivity contribution in [2.24, 2.45) is 0 Å². The van der Waals surface area contributed by atoms with Crippen molar-refractivity contribution < 1.29 is 14.4 Å². The Morgan fingerprint density at radius 1 is 1.07 bits per heavy atom. The van der Waals surface area contributed by atoms with E-state index in [0.29, 0.717) is 22.1 Å². The number of nitrogens with zero attached hydrogens (tertiary/aromatic N) is 1. The molecule has 5 nitrogen and oxygen atoms in total. The van der Waals surface area contributed by atoms with Crippen LogP contribution in [0.1, 0.15) is 66.4 Å². The van der Waals surface area contributed by atoms with Gasteiger partial charge in [0, 0.05) is 16.1 Å². The highest BCUT2D eigenvalue weighted by molar-refractivity contribution is 6.32. The second-order valence-electron chi connectivity index (χ2n) is 8.31. The number of carbonyl (C=O) groups excluding carboxylic acids is 3. The largest absolute Gasteiger partial charge is 0.325 e. The van der Waals surface area contributed by atoms with E-state index in [2.05, 4.69) is 5.32 Å². The topological polar surface area (TPSA) is 66.5 Å². The first-order chi connectivity index (χ1) is 14.4. The molecule has 0 bridgehead atoms. The highest BCUT2D eigenvalue weighted by Crippen LogP contribution is 2.34. The molecule has 4 rings (SSSR count). The Balaban J connectivity index is 1.48. The third kappa shape index (κ3) is 3.74. The smallest absolute Gasteiger partial charge is 0.319 e. The SMILES string of the molecule is C[C@@]1(c2ccccc2Cl)NC(=O)N(CC(=O)c2ccc(C3CCCCC3)cc2)C1=O. The number of imide groups is 1. The molecule has 2 aromatic rings. The van der Waals surface area contributed by atoms with E-state index in [1.54, 1.807) is 43.3 Å². The van der Waals surface area contributed by atoms with E-state index in [9.17, 15) is 14.4 Å². The van der Waals surface area contributed by atoms with Crippen LogP contribution in [0.4, 0.5) is 4.79 Å². The van der Waals surface area contributed by atoms with Gasteiger partial charge in [0.05, 0.1) is 6.54 Å². The van der Waals surface area contributed by atoms with Crippen molar-refractivity contribution in [2.75, 3.05) is 6.54 Å². The number of Topliss-reactive ketones (excluding diaryl/α,β-unsaturated/α-hetero) is 1. The molecule has 0 spiro atoms. The number of halogens is 1. The fraction of sp³-hybridized carbons (Fsp3) is 0.375. The summed E-state index contributed by atoms with van der Waals surface area (Å²) < 4.78 is 0. The number of benzene rings is 2. The summed E-state index contributed by atoms with van der Waals surface area (Å²) in [6, 6.07) is 13.9. The molecule has 3 amide bonds. The van der Waals surface area contributed by atoms with E-state index in [-0.39, 0.29) is 12.3 Å². The molecule has 1 aliphatic heterocycles. The summed E-state index contributed by atoms with van der Waals surface area (Å²) in [5, 5.41) is 3.09. The zero-order chi connectivity index (χ0) is 21.3. The molecule has 1 saturated carbocycles. The fourth-order valence-corrected chi connectivity index (χ4v) is 4.83. The minimum absolute atomic E-state index is 0.267. The van der Waals surface area contributed by atoms with Crippen LogP contribution in [0.5, 0.6) is 0 Å². The van der Waals surface area contributed by atoms with Crippen molar-refractivity contribution in [3.05, 3.63) is 70.2 Å². The number of ketones is 1. The molecular weight excluding hydrogens is 400 g/mol. The number of nitrogens with one attached hydrogen (secondary N) is 1. The standard InChI is InChI=1S/C24H25ClN2O3/c1-24(19-9-5-6-10-20(19)25)22(29)27(23(30)26-24)15-21(28)18-13-11-17(12-14-18)16-7-3-2-4-8-16/h5-6,9-14,16H,2-4,7-8,15H2,1H3,(H,26,30)/t24-/m0/s1. The molecule has 30 heavy (non-hydrogen) atoms. The lowest BCUT2D eigenvalue weighted by molar-refractivity contribution is -0.130. The molecule has 156 valence electrons. The zero-order valence-corrected chi connectivity index (χ0v) is 17.7. The Hall–Kier alpha value is -2.66. The van der Waals surface area contributed by atoms with Gasteiger partial charge in [-0.05, 0) is 37.3 Å². The average Bonchev–Trinajstić information content (AvgIpc) is 2.98. The van der Waals surface area contributed by atoms with E-state index in [4.69, 9.17) is 11.6 Å². The van der Waals surface area contributed by atoms with E-state index in [1.165, 1.54) is 37.7 Å². The van der Waals surface area contributed by atoms with Gasteiger partial charge in [0.15, 0.2) is 5.78 Å². The predicted octanol–water partition coefficient (Wildman–Crippen LogP) is 5.04. The van der Waals surface area contributed by atoms with Crippen molar-refractivity contribution in [2.45, 2.75) is 50.5 Å². The van der Waals surface area contributed by atoms with Crippen LogP contribution in [-0.2, 0) is 10.3 Å². The number of carbonyl (C=O) groups is 3. The first kappa shape index (κ1) is 20.6. The van der Waals surface area contributed by atoms with Crippen molar-refractivity contribution in [1.82, 2.24) is 10.2 Å². The Morgan fingerprint density at radius 2 is 1.73 bits per heavy atom.